The molecule has 1 aliphatic heterocycles. The minimum Gasteiger partial charge on any atom is -0.350 e. The highest BCUT2D eigenvalue weighted by molar-refractivity contribution is 7.91. The van der Waals surface area contributed by atoms with E-state index in [9.17, 15) is 13.2 Å². The maximum absolute atomic E-state index is 13.2. The number of hydrogen-bond acceptors (Lipinski definition) is 5. The van der Waals surface area contributed by atoms with Crippen molar-refractivity contribution < 1.29 is 13.2 Å². The maximum atomic E-state index is 13.2. The molecule has 2 heterocycles. The lowest BCUT2D eigenvalue weighted by Gasteiger charge is -2.24. The molecule has 1 amide bonds. The van der Waals surface area contributed by atoms with E-state index in [4.69, 9.17) is 4.98 Å². The van der Waals surface area contributed by atoms with Crippen LogP contribution in [0.15, 0.2) is 18.2 Å². The van der Waals surface area contributed by atoms with Crippen molar-refractivity contribution in [2.24, 2.45) is 11.8 Å². The van der Waals surface area contributed by atoms with Crippen LogP contribution in [0, 0.1) is 11.8 Å². The highest BCUT2D eigenvalue weighted by atomic mass is 32.2. The Morgan fingerprint density at radius 1 is 1.08 bits per heavy atom. The Bertz CT molecular complexity index is 1240. The van der Waals surface area contributed by atoms with Crippen molar-refractivity contribution in [3.05, 3.63) is 40.0 Å². The van der Waals surface area contributed by atoms with Crippen LogP contribution in [0.4, 0.5) is 0 Å². The number of carbonyl (C=O) groups excluding carboxylic acids is 1. The second-order valence-electron chi connectivity index (χ2n) is 13.1. The van der Waals surface area contributed by atoms with Crippen molar-refractivity contribution in [3.8, 4) is 10.4 Å². The molecule has 1 atom stereocenters. The molecule has 3 aliphatic rings. The van der Waals surface area contributed by atoms with Crippen LogP contribution in [-0.2, 0) is 27.1 Å². The third-order valence-corrected chi connectivity index (χ3v) is 11.7. The molecule has 0 spiro atoms. The summed E-state index contributed by atoms with van der Waals surface area (Å²) in [5.41, 5.74) is 5.28. The van der Waals surface area contributed by atoms with Gasteiger partial charge >= 0.3 is 0 Å². The number of nitrogens with zero attached hydrogens (tertiary/aromatic N) is 1. The van der Waals surface area contributed by atoms with Gasteiger partial charge in [-0.3, -0.25) is 4.79 Å². The lowest BCUT2D eigenvalue weighted by molar-refractivity contribution is 0.0947. The van der Waals surface area contributed by atoms with Crippen molar-refractivity contribution >= 4 is 27.1 Å². The topological polar surface area (TPSA) is 76.1 Å². The molecule has 0 radical (unpaired) electrons. The third kappa shape index (κ3) is 6.30. The molecule has 1 aromatic heterocycles. The molecule has 2 aliphatic carbocycles. The first-order valence-corrected chi connectivity index (χ1v) is 16.7. The molecule has 2 saturated carbocycles. The van der Waals surface area contributed by atoms with E-state index in [0.717, 1.165) is 17.0 Å². The fraction of sp³-hybridized carbons (Fsp3) is 0.667. The Morgan fingerprint density at radius 3 is 2.43 bits per heavy atom. The van der Waals surface area contributed by atoms with Gasteiger partial charge in [-0.2, -0.15) is 0 Å². The zero-order valence-electron chi connectivity index (χ0n) is 22.9. The summed E-state index contributed by atoms with van der Waals surface area (Å²) >= 11 is 1.51. The summed E-state index contributed by atoms with van der Waals surface area (Å²) in [5, 5.41) is 3.50. The predicted octanol–water partition coefficient (Wildman–Crippen LogP) is 6.45. The number of thiazole rings is 1. The third-order valence-electron chi connectivity index (χ3n) is 8.73. The molecular formula is C30H42N2O3S2. The van der Waals surface area contributed by atoms with E-state index in [2.05, 4.69) is 51.2 Å². The van der Waals surface area contributed by atoms with Gasteiger partial charge in [0, 0.05) is 6.54 Å². The fourth-order valence-electron chi connectivity index (χ4n) is 5.84. The lowest BCUT2D eigenvalue weighted by atomic mass is 9.82. The average Bonchev–Trinajstić information content (AvgIpc) is 3.30. The van der Waals surface area contributed by atoms with Crippen LogP contribution in [-0.4, -0.2) is 37.4 Å². The molecule has 202 valence electrons. The van der Waals surface area contributed by atoms with Gasteiger partial charge in [0.15, 0.2) is 14.8 Å². The minimum atomic E-state index is -2.95. The van der Waals surface area contributed by atoms with Crippen molar-refractivity contribution in [2.45, 2.75) is 96.3 Å². The van der Waals surface area contributed by atoms with E-state index in [0.29, 0.717) is 23.9 Å². The molecule has 1 N–H and O–H groups in total. The van der Waals surface area contributed by atoms with Crippen LogP contribution < -0.4 is 5.32 Å². The van der Waals surface area contributed by atoms with E-state index in [1.54, 1.807) is 0 Å². The summed E-state index contributed by atoms with van der Waals surface area (Å²) in [6.45, 7) is 9.55. The first kappa shape index (κ1) is 26.9. The summed E-state index contributed by atoms with van der Waals surface area (Å²) in [7, 11) is -2.95. The largest absolute Gasteiger partial charge is 0.350 e. The van der Waals surface area contributed by atoms with Gasteiger partial charge in [0.25, 0.3) is 5.91 Å². The Hall–Kier alpha value is -1.73. The molecule has 37 heavy (non-hydrogen) atoms. The van der Waals surface area contributed by atoms with E-state index in [1.807, 2.05) is 0 Å². The van der Waals surface area contributed by atoms with Gasteiger partial charge in [-0.05, 0) is 77.2 Å². The number of benzene rings is 1. The number of amides is 1. The van der Waals surface area contributed by atoms with E-state index < -0.39 is 9.84 Å². The van der Waals surface area contributed by atoms with Crippen LogP contribution in [0.5, 0.6) is 0 Å². The fourth-order valence-corrected chi connectivity index (χ4v) is 8.70. The quantitative estimate of drug-likeness (QED) is 0.436. The first-order valence-electron chi connectivity index (χ1n) is 14.1. The number of nitrogens with one attached hydrogen (secondary N) is 1. The van der Waals surface area contributed by atoms with Gasteiger partial charge in [-0.15, -0.1) is 11.3 Å². The molecule has 0 bridgehead atoms. The van der Waals surface area contributed by atoms with Crippen molar-refractivity contribution in [1.29, 1.82) is 0 Å². The van der Waals surface area contributed by atoms with Crippen LogP contribution in [0.3, 0.4) is 0 Å². The van der Waals surface area contributed by atoms with Crippen molar-refractivity contribution in [1.82, 2.24) is 10.3 Å². The molecule has 7 heteroatoms. The summed E-state index contributed by atoms with van der Waals surface area (Å²) in [5.74, 6) is 0.851. The monoisotopic (exact) mass is 542 g/mol. The number of hydrogen-bond donors (Lipinski definition) is 1. The highest BCUT2D eigenvalue weighted by Crippen LogP contribution is 2.50. The zero-order valence-corrected chi connectivity index (χ0v) is 24.5. The van der Waals surface area contributed by atoms with Crippen LogP contribution >= 0.6 is 11.3 Å². The molecule has 5 nitrogen and oxygen atoms in total. The number of rotatable bonds is 7. The highest BCUT2D eigenvalue weighted by Gasteiger charge is 2.40. The predicted molar refractivity (Wildman–Crippen MR) is 152 cm³/mol. The zero-order chi connectivity index (χ0) is 26.4. The number of carbonyl (C=O) groups is 1. The van der Waals surface area contributed by atoms with E-state index in [-0.39, 0.29) is 34.2 Å². The second-order valence-corrected chi connectivity index (χ2v) is 16.3. The Morgan fingerprint density at radius 2 is 1.81 bits per heavy atom. The Labute approximate surface area is 226 Å². The molecule has 3 fully saturated rings. The van der Waals surface area contributed by atoms with Gasteiger partial charge in [0.2, 0.25) is 0 Å². The Kier molecular flexibility index (Phi) is 7.34. The Balaban J connectivity index is 1.46. The average molecular weight is 543 g/mol. The molecule has 1 unspecified atom stereocenters. The number of aromatic nitrogens is 1. The van der Waals surface area contributed by atoms with Crippen LogP contribution in [0.25, 0.3) is 10.4 Å². The standard InChI is InChI=1S/C30H42N2O3S2/c1-29(2,3)23-15-22(16-24(17-23)30(4)11-12-30)26-25(14-20-8-6-5-7-9-20)32-28(36-26)27(33)31-18-21-10-13-37(34,35)19-21/h15-17,20-21H,5-14,18-19H2,1-4H3,(H,31,33). The van der Waals surface area contributed by atoms with Gasteiger partial charge < -0.3 is 5.32 Å². The molecule has 5 rings (SSSR count). The summed E-state index contributed by atoms with van der Waals surface area (Å²) in [6, 6.07) is 7.06. The van der Waals surface area contributed by atoms with E-state index in [1.165, 1.54) is 73.0 Å². The van der Waals surface area contributed by atoms with Crippen molar-refractivity contribution in [3.63, 3.8) is 0 Å². The lowest BCUT2D eigenvalue weighted by Crippen LogP contribution is -2.29. The number of sulfone groups is 1. The van der Waals surface area contributed by atoms with Crippen molar-refractivity contribution in [2.75, 3.05) is 18.1 Å². The molecular weight excluding hydrogens is 500 g/mol. The minimum absolute atomic E-state index is 0.000373. The maximum Gasteiger partial charge on any atom is 0.280 e. The molecule has 1 saturated heterocycles. The van der Waals surface area contributed by atoms with Crippen LogP contribution in [0.2, 0.25) is 0 Å². The molecule has 1 aromatic carbocycles. The van der Waals surface area contributed by atoms with Gasteiger partial charge in [0.1, 0.15) is 0 Å². The molecule has 2 aromatic rings. The SMILES string of the molecule is CC(C)(C)c1cc(-c2sc(C(=O)NCC3CCS(=O)(=O)C3)nc2CC2CCCCC2)cc(C2(C)CC2)c1. The second kappa shape index (κ2) is 10.1. The normalized spacial score (nSPS) is 23.2. The van der Waals surface area contributed by atoms with Gasteiger partial charge in [-0.1, -0.05) is 65.9 Å². The summed E-state index contributed by atoms with van der Waals surface area (Å²) < 4.78 is 23.7. The summed E-state index contributed by atoms with van der Waals surface area (Å²) in [4.78, 5) is 19.3. The van der Waals surface area contributed by atoms with E-state index >= 15 is 0 Å². The smallest absolute Gasteiger partial charge is 0.280 e. The van der Waals surface area contributed by atoms with Gasteiger partial charge in [-0.25, -0.2) is 13.4 Å². The summed E-state index contributed by atoms with van der Waals surface area (Å²) in [6.07, 6.45) is 10.4. The van der Waals surface area contributed by atoms with Gasteiger partial charge in [0.05, 0.1) is 22.1 Å². The first-order chi connectivity index (χ1) is 17.4. The van der Waals surface area contributed by atoms with Crippen LogP contribution in [0.1, 0.15) is 106 Å².